The molecule has 0 spiro atoms. The molecule has 4 nitrogen and oxygen atoms in total. The van der Waals surface area contributed by atoms with E-state index in [1.165, 1.54) is 0 Å². The van der Waals surface area contributed by atoms with Gasteiger partial charge in [-0.1, -0.05) is 0 Å². The third-order valence-electron chi connectivity index (χ3n) is 1.28. The zero-order chi connectivity index (χ0) is 8.53. The summed E-state index contributed by atoms with van der Waals surface area (Å²) in [6.45, 7) is 1.93. The van der Waals surface area contributed by atoms with E-state index in [1.807, 2.05) is 0 Å². The van der Waals surface area contributed by atoms with Crippen LogP contribution in [0.25, 0.3) is 0 Å². The highest BCUT2D eigenvalue weighted by Gasteiger charge is 2.05. The summed E-state index contributed by atoms with van der Waals surface area (Å²) in [5.41, 5.74) is 0. The molecule has 0 rings (SSSR count). The molecule has 0 radical (unpaired) electrons. The molecule has 0 aromatic rings. The third-order valence-corrected chi connectivity index (χ3v) is 1.28. The van der Waals surface area contributed by atoms with Crippen molar-refractivity contribution in [1.82, 2.24) is 5.32 Å². The van der Waals surface area contributed by atoms with Crippen LogP contribution in [0.1, 0.15) is 0 Å². The minimum Gasteiger partial charge on any atom is -0.395 e. The predicted octanol–water partition coefficient (Wildman–Crippen LogP) is -0.770. The van der Waals surface area contributed by atoms with Crippen molar-refractivity contribution >= 4 is 0 Å². The van der Waals surface area contributed by atoms with Crippen molar-refractivity contribution < 1.29 is 14.6 Å². The average molecular weight is 163 g/mol. The van der Waals surface area contributed by atoms with Gasteiger partial charge in [0.05, 0.1) is 25.9 Å². The van der Waals surface area contributed by atoms with E-state index in [0.29, 0.717) is 19.8 Å². The van der Waals surface area contributed by atoms with E-state index >= 15 is 0 Å². The quantitative estimate of drug-likeness (QED) is 0.517. The van der Waals surface area contributed by atoms with Crippen LogP contribution in [0.15, 0.2) is 0 Å². The minimum absolute atomic E-state index is 0.143. The Labute approximate surface area is 67.5 Å². The van der Waals surface area contributed by atoms with Crippen molar-refractivity contribution in [2.24, 2.45) is 0 Å². The van der Waals surface area contributed by atoms with Crippen molar-refractivity contribution in [3.8, 4) is 0 Å². The number of aliphatic hydroxyl groups excluding tert-OH is 1. The van der Waals surface area contributed by atoms with Crippen molar-refractivity contribution in [2.45, 2.75) is 6.04 Å². The van der Waals surface area contributed by atoms with Crippen LogP contribution in [0.2, 0.25) is 0 Å². The molecule has 0 atom stereocenters. The number of rotatable bonds is 7. The van der Waals surface area contributed by atoms with Crippen molar-refractivity contribution in [3.05, 3.63) is 0 Å². The second kappa shape index (κ2) is 7.94. The van der Waals surface area contributed by atoms with E-state index in [1.54, 1.807) is 14.2 Å². The molecular formula is C7H17NO3. The zero-order valence-corrected chi connectivity index (χ0v) is 7.17. The first kappa shape index (κ1) is 10.8. The molecule has 0 amide bonds. The fourth-order valence-electron chi connectivity index (χ4n) is 0.837. The van der Waals surface area contributed by atoms with Crippen molar-refractivity contribution in [2.75, 3.05) is 40.6 Å². The second-order valence-corrected chi connectivity index (χ2v) is 2.29. The maximum absolute atomic E-state index is 8.51. The number of hydrogen-bond donors (Lipinski definition) is 2. The lowest BCUT2D eigenvalue weighted by Crippen LogP contribution is -2.38. The molecule has 0 aliphatic carbocycles. The lowest BCUT2D eigenvalue weighted by atomic mass is 10.3. The van der Waals surface area contributed by atoms with Crippen LogP contribution < -0.4 is 5.32 Å². The molecule has 0 saturated heterocycles. The van der Waals surface area contributed by atoms with Gasteiger partial charge >= 0.3 is 0 Å². The molecule has 4 heteroatoms. The number of ether oxygens (including phenoxy) is 2. The van der Waals surface area contributed by atoms with Crippen LogP contribution in [0.4, 0.5) is 0 Å². The monoisotopic (exact) mass is 163 g/mol. The Kier molecular flexibility index (Phi) is 7.83. The molecule has 0 aromatic heterocycles. The standard InChI is InChI=1S/C7H17NO3/c1-10-5-7(6-11-2)8-3-4-9/h7-9H,3-6H2,1-2H3. The predicted molar refractivity (Wildman–Crippen MR) is 42.6 cm³/mol. The van der Waals surface area contributed by atoms with Crippen LogP contribution in [0.5, 0.6) is 0 Å². The molecule has 0 bridgehead atoms. The van der Waals surface area contributed by atoms with Crippen LogP contribution in [0, 0.1) is 0 Å². The first-order valence-electron chi connectivity index (χ1n) is 3.67. The summed E-state index contributed by atoms with van der Waals surface area (Å²) >= 11 is 0. The molecule has 0 unspecified atom stereocenters. The summed E-state index contributed by atoms with van der Waals surface area (Å²) in [5.74, 6) is 0. The van der Waals surface area contributed by atoms with Crippen LogP contribution in [-0.2, 0) is 9.47 Å². The SMILES string of the molecule is COCC(COC)NCCO. The zero-order valence-electron chi connectivity index (χ0n) is 7.17. The van der Waals surface area contributed by atoms with E-state index in [9.17, 15) is 0 Å². The Hall–Kier alpha value is -0.160. The van der Waals surface area contributed by atoms with E-state index in [2.05, 4.69) is 5.32 Å². The number of hydrogen-bond acceptors (Lipinski definition) is 4. The highest BCUT2D eigenvalue weighted by molar-refractivity contribution is 4.63. The first-order chi connectivity index (χ1) is 5.35. The van der Waals surface area contributed by atoms with Gasteiger partial charge < -0.3 is 19.9 Å². The molecule has 0 saturated carbocycles. The Morgan fingerprint density at radius 3 is 2.18 bits per heavy atom. The van der Waals surface area contributed by atoms with Crippen LogP contribution >= 0.6 is 0 Å². The van der Waals surface area contributed by atoms with Gasteiger partial charge in [0.2, 0.25) is 0 Å². The van der Waals surface area contributed by atoms with E-state index < -0.39 is 0 Å². The topological polar surface area (TPSA) is 50.7 Å². The lowest BCUT2D eigenvalue weighted by molar-refractivity contribution is 0.100. The smallest absolute Gasteiger partial charge is 0.0638 e. The third kappa shape index (κ3) is 6.25. The van der Waals surface area contributed by atoms with Gasteiger partial charge in [0.15, 0.2) is 0 Å². The molecule has 11 heavy (non-hydrogen) atoms. The maximum Gasteiger partial charge on any atom is 0.0638 e. The molecule has 0 aliphatic rings. The molecule has 0 aliphatic heterocycles. The van der Waals surface area contributed by atoms with Gasteiger partial charge in [-0.05, 0) is 0 Å². The summed E-state index contributed by atoms with van der Waals surface area (Å²) < 4.78 is 9.86. The molecule has 68 valence electrons. The first-order valence-corrected chi connectivity index (χ1v) is 3.67. The Balaban J connectivity index is 3.34. The van der Waals surface area contributed by atoms with Crippen molar-refractivity contribution in [3.63, 3.8) is 0 Å². The van der Waals surface area contributed by atoms with Crippen LogP contribution in [-0.4, -0.2) is 51.7 Å². The lowest BCUT2D eigenvalue weighted by Gasteiger charge is -2.15. The molecule has 0 heterocycles. The van der Waals surface area contributed by atoms with Crippen LogP contribution in [0.3, 0.4) is 0 Å². The normalized spacial score (nSPS) is 10.9. The van der Waals surface area contributed by atoms with E-state index in [0.717, 1.165) is 0 Å². The summed E-state index contributed by atoms with van der Waals surface area (Å²) in [4.78, 5) is 0. The van der Waals surface area contributed by atoms with Crippen molar-refractivity contribution in [1.29, 1.82) is 0 Å². The van der Waals surface area contributed by atoms with E-state index in [4.69, 9.17) is 14.6 Å². The average Bonchev–Trinajstić information content (AvgIpc) is 2.01. The van der Waals surface area contributed by atoms with E-state index in [-0.39, 0.29) is 12.6 Å². The Morgan fingerprint density at radius 2 is 1.82 bits per heavy atom. The Morgan fingerprint density at radius 1 is 1.27 bits per heavy atom. The van der Waals surface area contributed by atoms with Gasteiger partial charge in [-0.25, -0.2) is 0 Å². The molecule has 0 aromatic carbocycles. The fraction of sp³-hybridized carbons (Fsp3) is 1.00. The van der Waals surface area contributed by atoms with Gasteiger partial charge in [0.25, 0.3) is 0 Å². The highest BCUT2D eigenvalue weighted by Crippen LogP contribution is 1.84. The summed E-state index contributed by atoms with van der Waals surface area (Å²) in [7, 11) is 3.28. The number of nitrogens with one attached hydrogen (secondary N) is 1. The summed E-state index contributed by atoms with van der Waals surface area (Å²) in [5, 5.41) is 11.6. The summed E-state index contributed by atoms with van der Waals surface area (Å²) in [6.07, 6.45) is 0. The van der Waals surface area contributed by atoms with Gasteiger partial charge in [-0.2, -0.15) is 0 Å². The maximum atomic E-state index is 8.51. The largest absolute Gasteiger partial charge is 0.395 e. The number of methoxy groups -OCH3 is 2. The molecular weight excluding hydrogens is 146 g/mol. The molecule has 0 fully saturated rings. The summed E-state index contributed by atoms with van der Waals surface area (Å²) in [6, 6.07) is 0.178. The fourth-order valence-corrected chi connectivity index (χ4v) is 0.837. The van der Waals surface area contributed by atoms with Gasteiger partial charge in [-0.15, -0.1) is 0 Å². The number of aliphatic hydroxyl groups is 1. The minimum atomic E-state index is 0.143. The van der Waals surface area contributed by atoms with Gasteiger partial charge in [0.1, 0.15) is 0 Å². The van der Waals surface area contributed by atoms with Gasteiger partial charge in [0, 0.05) is 20.8 Å². The molecule has 2 N–H and O–H groups in total. The second-order valence-electron chi connectivity index (χ2n) is 2.29. The van der Waals surface area contributed by atoms with Gasteiger partial charge in [-0.3, -0.25) is 0 Å². The Bertz CT molecular complexity index is 74.1. The highest BCUT2D eigenvalue weighted by atomic mass is 16.5.